The van der Waals surface area contributed by atoms with Gasteiger partial charge in [-0.05, 0) is 32.8 Å². The fraction of sp³-hybridized carbons (Fsp3) is 0.474. The quantitative estimate of drug-likeness (QED) is 0.692. The van der Waals surface area contributed by atoms with Crippen LogP contribution in [0.15, 0.2) is 30.9 Å². The molecule has 0 radical (unpaired) electrons. The summed E-state index contributed by atoms with van der Waals surface area (Å²) in [6, 6.07) is 1.75. The highest BCUT2D eigenvalue weighted by molar-refractivity contribution is 5.46. The van der Waals surface area contributed by atoms with E-state index in [4.69, 9.17) is 0 Å². The van der Waals surface area contributed by atoms with Crippen LogP contribution < -0.4 is 4.90 Å². The highest BCUT2D eigenvalue weighted by Crippen LogP contribution is 2.30. The number of piperidine rings is 1. The van der Waals surface area contributed by atoms with Crippen LogP contribution in [0.3, 0.4) is 0 Å². The Labute approximate surface area is 157 Å². The Morgan fingerprint density at radius 2 is 2.00 bits per heavy atom. The average molecular weight is 369 g/mol. The van der Waals surface area contributed by atoms with Gasteiger partial charge in [-0.25, -0.2) is 9.37 Å². The summed E-state index contributed by atoms with van der Waals surface area (Å²) in [4.78, 5) is 10.2. The lowest BCUT2D eigenvalue weighted by Crippen LogP contribution is -2.34. The maximum absolute atomic E-state index is 14.0. The summed E-state index contributed by atoms with van der Waals surface area (Å²) in [5.41, 5.74) is 0.636. The third-order valence-corrected chi connectivity index (χ3v) is 5.36. The first-order valence-corrected chi connectivity index (χ1v) is 9.41. The number of rotatable bonds is 5. The molecule has 0 spiro atoms. The van der Waals surface area contributed by atoms with Crippen molar-refractivity contribution < 1.29 is 4.39 Å². The molecule has 142 valence electrons. The van der Waals surface area contributed by atoms with Crippen LogP contribution in [0.1, 0.15) is 43.2 Å². The fourth-order valence-corrected chi connectivity index (χ4v) is 3.84. The van der Waals surface area contributed by atoms with Gasteiger partial charge < -0.3 is 14.0 Å². The van der Waals surface area contributed by atoms with Crippen LogP contribution in [0.25, 0.3) is 0 Å². The van der Waals surface area contributed by atoms with Crippen LogP contribution in [0.4, 0.5) is 10.1 Å². The van der Waals surface area contributed by atoms with Crippen LogP contribution in [-0.4, -0.2) is 42.4 Å². The smallest absolute Gasteiger partial charge is 0.164 e. The molecule has 0 amide bonds. The third kappa shape index (κ3) is 3.43. The molecular formula is C19H24FN7. The van der Waals surface area contributed by atoms with Crippen molar-refractivity contribution in [1.82, 2.24) is 29.3 Å². The van der Waals surface area contributed by atoms with E-state index >= 15 is 0 Å². The third-order valence-electron chi connectivity index (χ3n) is 5.36. The first-order chi connectivity index (χ1) is 13.2. The van der Waals surface area contributed by atoms with Gasteiger partial charge in [0.2, 0.25) is 0 Å². The predicted octanol–water partition coefficient (Wildman–Crippen LogP) is 2.77. The minimum atomic E-state index is -0.259. The zero-order valence-electron chi connectivity index (χ0n) is 15.7. The van der Waals surface area contributed by atoms with Gasteiger partial charge in [-0.3, -0.25) is 4.98 Å². The van der Waals surface area contributed by atoms with Crippen molar-refractivity contribution in [1.29, 1.82) is 0 Å². The second kappa shape index (κ2) is 7.46. The highest BCUT2D eigenvalue weighted by atomic mass is 19.1. The van der Waals surface area contributed by atoms with Crippen molar-refractivity contribution in [2.45, 2.75) is 45.7 Å². The van der Waals surface area contributed by atoms with E-state index in [-0.39, 0.29) is 5.82 Å². The van der Waals surface area contributed by atoms with Gasteiger partial charge in [0, 0.05) is 44.1 Å². The number of hydrogen-bond donors (Lipinski definition) is 0. The maximum atomic E-state index is 14.0. The molecule has 8 heteroatoms. The lowest BCUT2D eigenvalue weighted by atomic mass is 9.95. The second-order valence-corrected chi connectivity index (χ2v) is 6.91. The van der Waals surface area contributed by atoms with Gasteiger partial charge >= 0.3 is 0 Å². The molecule has 0 bridgehead atoms. The molecule has 1 fully saturated rings. The van der Waals surface area contributed by atoms with Gasteiger partial charge in [-0.2, -0.15) is 0 Å². The van der Waals surface area contributed by atoms with Crippen molar-refractivity contribution in [2.24, 2.45) is 0 Å². The molecule has 7 nitrogen and oxygen atoms in total. The summed E-state index contributed by atoms with van der Waals surface area (Å²) in [6.07, 6.45) is 8.55. The topological polar surface area (TPSA) is 64.7 Å². The summed E-state index contributed by atoms with van der Waals surface area (Å²) in [6.45, 7) is 7.23. The Morgan fingerprint density at radius 3 is 2.67 bits per heavy atom. The summed E-state index contributed by atoms with van der Waals surface area (Å²) >= 11 is 0. The van der Waals surface area contributed by atoms with E-state index in [1.54, 1.807) is 18.5 Å². The molecule has 1 saturated heterocycles. The van der Waals surface area contributed by atoms with Crippen molar-refractivity contribution in [3.05, 3.63) is 54.1 Å². The van der Waals surface area contributed by atoms with Gasteiger partial charge in [-0.1, -0.05) is 0 Å². The van der Waals surface area contributed by atoms with Crippen LogP contribution in [0.5, 0.6) is 0 Å². The number of anilines is 1. The van der Waals surface area contributed by atoms with Crippen molar-refractivity contribution in [3.8, 4) is 0 Å². The van der Waals surface area contributed by atoms with Crippen molar-refractivity contribution in [3.63, 3.8) is 0 Å². The van der Waals surface area contributed by atoms with Crippen LogP contribution >= 0.6 is 0 Å². The SMILES string of the molecule is CCn1c(Cn2ccnc2C)nnc1C1CCN(c2ccncc2F)CC1. The Hall–Kier alpha value is -2.77. The van der Waals surface area contributed by atoms with E-state index < -0.39 is 0 Å². The molecule has 4 heterocycles. The summed E-state index contributed by atoms with van der Waals surface area (Å²) < 4.78 is 18.3. The van der Waals surface area contributed by atoms with E-state index in [0.717, 1.165) is 49.9 Å². The molecule has 0 saturated carbocycles. The zero-order chi connectivity index (χ0) is 18.8. The number of imidazole rings is 1. The molecule has 27 heavy (non-hydrogen) atoms. The zero-order valence-corrected chi connectivity index (χ0v) is 15.7. The number of halogens is 1. The standard InChI is InChI=1S/C19H24FN7/c1-3-27-18(13-26-11-8-22-14(26)2)23-24-19(27)15-5-9-25(10-6-15)17-4-7-21-12-16(17)20/h4,7-8,11-12,15H,3,5-6,9-10,13H2,1-2H3. The molecular weight excluding hydrogens is 345 g/mol. The molecule has 3 aromatic rings. The molecule has 0 aliphatic carbocycles. The first kappa shape index (κ1) is 17.6. The molecule has 0 aromatic carbocycles. The number of nitrogens with zero attached hydrogens (tertiary/aromatic N) is 7. The van der Waals surface area contributed by atoms with E-state index in [1.807, 2.05) is 13.1 Å². The van der Waals surface area contributed by atoms with E-state index in [0.29, 0.717) is 18.2 Å². The predicted molar refractivity (Wildman–Crippen MR) is 100 cm³/mol. The van der Waals surface area contributed by atoms with Gasteiger partial charge in [0.25, 0.3) is 0 Å². The maximum Gasteiger partial charge on any atom is 0.164 e. The highest BCUT2D eigenvalue weighted by Gasteiger charge is 2.27. The normalized spacial score (nSPS) is 15.4. The Bertz CT molecular complexity index is 908. The van der Waals surface area contributed by atoms with E-state index in [2.05, 4.69) is 41.1 Å². The molecule has 3 aromatic heterocycles. The second-order valence-electron chi connectivity index (χ2n) is 6.91. The number of pyridine rings is 1. The van der Waals surface area contributed by atoms with Crippen molar-refractivity contribution >= 4 is 5.69 Å². The lowest BCUT2D eigenvalue weighted by molar-refractivity contribution is 0.459. The van der Waals surface area contributed by atoms with Gasteiger partial charge in [0.05, 0.1) is 18.4 Å². The summed E-state index contributed by atoms with van der Waals surface area (Å²) in [5.74, 6) is 3.05. The first-order valence-electron chi connectivity index (χ1n) is 9.41. The van der Waals surface area contributed by atoms with Crippen LogP contribution in [0.2, 0.25) is 0 Å². The van der Waals surface area contributed by atoms with Gasteiger partial charge in [0.1, 0.15) is 11.6 Å². The minimum absolute atomic E-state index is 0.259. The van der Waals surface area contributed by atoms with Crippen LogP contribution in [-0.2, 0) is 13.1 Å². The molecule has 0 N–H and O–H groups in total. The monoisotopic (exact) mass is 369 g/mol. The molecule has 1 aliphatic rings. The number of hydrogen-bond acceptors (Lipinski definition) is 5. The van der Waals surface area contributed by atoms with E-state index in [1.165, 1.54) is 6.20 Å². The Balaban J connectivity index is 1.48. The lowest BCUT2D eigenvalue weighted by Gasteiger charge is -2.33. The van der Waals surface area contributed by atoms with Gasteiger partial charge in [-0.15, -0.1) is 10.2 Å². The number of aromatic nitrogens is 6. The summed E-state index contributed by atoms with van der Waals surface area (Å²) in [5, 5.41) is 8.96. The van der Waals surface area contributed by atoms with E-state index in [9.17, 15) is 4.39 Å². The molecule has 0 unspecified atom stereocenters. The average Bonchev–Trinajstić information content (AvgIpc) is 3.29. The summed E-state index contributed by atoms with van der Waals surface area (Å²) in [7, 11) is 0. The van der Waals surface area contributed by atoms with Crippen molar-refractivity contribution in [2.75, 3.05) is 18.0 Å². The fourth-order valence-electron chi connectivity index (χ4n) is 3.84. The van der Waals surface area contributed by atoms with Crippen LogP contribution in [0, 0.1) is 12.7 Å². The van der Waals surface area contributed by atoms with Gasteiger partial charge in [0.15, 0.2) is 11.6 Å². The Kier molecular flexibility index (Phi) is 4.87. The Morgan fingerprint density at radius 1 is 1.19 bits per heavy atom. The largest absolute Gasteiger partial charge is 0.369 e. The molecule has 1 aliphatic heterocycles. The molecule has 4 rings (SSSR count). The minimum Gasteiger partial charge on any atom is -0.369 e. The molecule has 0 atom stereocenters. The number of aryl methyl sites for hydroxylation is 1.